The van der Waals surface area contributed by atoms with Gasteiger partial charge in [-0.3, -0.25) is 9.59 Å². The van der Waals surface area contributed by atoms with E-state index in [1.165, 1.54) is 12.0 Å². The van der Waals surface area contributed by atoms with Crippen LogP contribution >= 0.6 is 11.6 Å². The maximum Gasteiger partial charge on any atom is 0.282 e. The number of carbonyl (C=O) groups excluding carboxylic acids is 2. The summed E-state index contributed by atoms with van der Waals surface area (Å²) in [6, 6.07) is 19.9. The third-order valence-electron chi connectivity index (χ3n) is 5.45. The van der Waals surface area contributed by atoms with E-state index in [1.54, 1.807) is 24.3 Å². The van der Waals surface area contributed by atoms with Crippen LogP contribution in [-0.4, -0.2) is 33.0 Å². The van der Waals surface area contributed by atoms with Crippen molar-refractivity contribution < 1.29 is 14.3 Å². The number of nitrogens with zero attached hydrogens (tertiary/aromatic N) is 2. The highest BCUT2D eigenvalue weighted by molar-refractivity contribution is 6.46. The minimum absolute atomic E-state index is 0.166. The zero-order valence-electron chi connectivity index (χ0n) is 18.8. The van der Waals surface area contributed by atoms with Gasteiger partial charge < -0.3 is 15.0 Å². The fraction of sp³-hybridized carbons (Fsp3) is 0.154. The molecule has 1 aliphatic heterocycles. The lowest BCUT2D eigenvalue weighted by molar-refractivity contribution is -0.120. The van der Waals surface area contributed by atoms with Crippen molar-refractivity contribution in [3.05, 3.63) is 88.6 Å². The Balaban J connectivity index is 1.85. The highest BCUT2D eigenvalue weighted by Crippen LogP contribution is 2.37. The smallest absolute Gasteiger partial charge is 0.282 e. The van der Waals surface area contributed by atoms with Crippen LogP contribution in [-0.2, 0) is 9.59 Å². The third-order valence-corrected chi connectivity index (χ3v) is 5.68. The highest BCUT2D eigenvalue weighted by Gasteiger charge is 2.40. The van der Waals surface area contributed by atoms with Gasteiger partial charge in [-0.05, 0) is 48.9 Å². The highest BCUT2D eigenvalue weighted by atomic mass is 35.5. The van der Waals surface area contributed by atoms with Gasteiger partial charge in [0.25, 0.3) is 11.8 Å². The molecular weight excluding hydrogens is 438 g/mol. The minimum atomic E-state index is -0.450. The maximum absolute atomic E-state index is 13.6. The summed E-state index contributed by atoms with van der Waals surface area (Å²) in [5, 5.41) is 3.60. The summed E-state index contributed by atoms with van der Waals surface area (Å²) in [7, 11) is 5.34. The van der Waals surface area contributed by atoms with Crippen LogP contribution in [0.4, 0.5) is 17.1 Å². The number of amides is 2. The predicted octanol–water partition coefficient (Wildman–Crippen LogP) is 5.12. The fourth-order valence-electron chi connectivity index (χ4n) is 3.69. The summed E-state index contributed by atoms with van der Waals surface area (Å²) in [6.45, 7) is 1.97. The number of nitrogens with one attached hydrogen (secondary N) is 1. The molecule has 33 heavy (non-hydrogen) atoms. The van der Waals surface area contributed by atoms with Gasteiger partial charge in [0.2, 0.25) is 0 Å². The van der Waals surface area contributed by atoms with Crippen LogP contribution in [0.3, 0.4) is 0 Å². The molecule has 0 spiro atoms. The molecule has 0 atom stereocenters. The molecule has 3 aromatic carbocycles. The van der Waals surface area contributed by atoms with E-state index in [4.69, 9.17) is 16.3 Å². The summed E-state index contributed by atoms with van der Waals surface area (Å²) in [4.78, 5) is 30.4. The molecule has 0 aromatic heterocycles. The Morgan fingerprint density at radius 2 is 1.67 bits per heavy atom. The number of rotatable bonds is 6. The Bertz CT molecular complexity index is 1270. The monoisotopic (exact) mass is 461 g/mol. The lowest BCUT2D eigenvalue weighted by atomic mass is 10.0. The van der Waals surface area contributed by atoms with Crippen molar-refractivity contribution in [1.82, 2.24) is 0 Å². The summed E-state index contributed by atoms with van der Waals surface area (Å²) < 4.78 is 5.42. The zero-order valence-corrected chi connectivity index (χ0v) is 19.6. The van der Waals surface area contributed by atoms with Crippen LogP contribution in [0, 0.1) is 6.92 Å². The van der Waals surface area contributed by atoms with Gasteiger partial charge in [0.15, 0.2) is 0 Å². The Kier molecular flexibility index (Phi) is 6.11. The van der Waals surface area contributed by atoms with Crippen molar-refractivity contribution in [2.75, 3.05) is 36.3 Å². The Hall–Kier alpha value is -3.77. The molecule has 168 valence electrons. The molecular formula is C26H24ClN3O3. The lowest BCUT2D eigenvalue weighted by Gasteiger charge is -2.19. The largest absolute Gasteiger partial charge is 0.495 e. The van der Waals surface area contributed by atoms with Crippen LogP contribution in [0.2, 0.25) is 5.02 Å². The number of hydrogen-bond donors (Lipinski definition) is 1. The van der Waals surface area contributed by atoms with E-state index in [1.807, 2.05) is 68.4 Å². The first-order valence-electron chi connectivity index (χ1n) is 10.4. The molecule has 0 bridgehead atoms. The van der Waals surface area contributed by atoms with Crippen LogP contribution in [0.15, 0.2) is 72.4 Å². The number of methoxy groups -OCH3 is 1. The molecule has 0 fully saturated rings. The maximum atomic E-state index is 13.6. The lowest BCUT2D eigenvalue weighted by Crippen LogP contribution is -2.32. The molecule has 4 rings (SSSR count). The first-order chi connectivity index (χ1) is 15.8. The summed E-state index contributed by atoms with van der Waals surface area (Å²) in [6.07, 6.45) is 0. The second kappa shape index (κ2) is 9.00. The van der Waals surface area contributed by atoms with Gasteiger partial charge in [0.05, 0.1) is 24.1 Å². The molecule has 1 N–H and O–H groups in total. The standard InChI is InChI=1S/C26H24ClN3O3/c1-16-8-10-17(11-9-16)23-24(28-21-14-18(27)12-13-22(21)33-4)26(32)30(25(23)31)20-7-5-6-19(15-20)29(2)3/h5-15,28H,1-4H3. The quantitative estimate of drug-likeness (QED) is 0.516. The molecule has 0 saturated carbocycles. The van der Waals surface area contributed by atoms with Crippen molar-refractivity contribution >= 4 is 46.1 Å². The van der Waals surface area contributed by atoms with E-state index in [-0.39, 0.29) is 11.3 Å². The van der Waals surface area contributed by atoms with Crippen molar-refractivity contribution in [2.45, 2.75) is 6.92 Å². The number of carbonyl (C=O) groups is 2. The topological polar surface area (TPSA) is 61.9 Å². The van der Waals surface area contributed by atoms with E-state index >= 15 is 0 Å². The number of aryl methyl sites for hydroxylation is 1. The average molecular weight is 462 g/mol. The Morgan fingerprint density at radius 3 is 2.33 bits per heavy atom. The minimum Gasteiger partial charge on any atom is -0.495 e. The van der Waals surface area contributed by atoms with E-state index in [0.29, 0.717) is 27.7 Å². The van der Waals surface area contributed by atoms with Crippen molar-refractivity contribution in [3.63, 3.8) is 0 Å². The number of ether oxygens (including phenoxy) is 1. The normalized spacial score (nSPS) is 13.5. The Labute approximate surface area is 198 Å². The molecule has 0 unspecified atom stereocenters. The molecule has 0 saturated heterocycles. The van der Waals surface area contributed by atoms with Crippen molar-refractivity contribution in [1.29, 1.82) is 0 Å². The van der Waals surface area contributed by atoms with Gasteiger partial charge in [-0.2, -0.15) is 0 Å². The van der Waals surface area contributed by atoms with Crippen molar-refractivity contribution in [3.8, 4) is 5.75 Å². The van der Waals surface area contributed by atoms with E-state index in [9.17, 15) is 9.59 Å². The molecule has 7 heteroatoms. The van der Waals surface area contributed by atoms with Crippen LogP contribution in [0.5, 0.6) is 5.75 Å². The van der Waals surface area contributed by atoms with Gasteiger partial charge in [0, 0.05) is 24.8 Å². The second-order valence-corrected chi connectivity index (χ2v) is 8.38. The molecule has 0 aliphatic carbocycles. The summed E-state index contributed by atoms with van der Waals surface area (Å²) in [5.41, 5.74) is 4.02. The first kappa shape index (κ1) is 22.4. The molecule has 1 heterocycles. The van der Waals surface area contributed by atoms with Crippen molar-refractivity contribution in [2.24, 2.45) is 0 Å². The number of imide groups is 1. The van der Waals surface area contributed by atoms with E-state index in [2.05, 4.69) is 5.32 Å². The third kappa shape index (κ3) is 4.30. The molecule has 2 amide bonds. The summed E-state index contributed by atoms with van der Waals surface area (Å²) in [5.74, 6) is -0.347. The van der Waals surface area contributed by atoms with Crippen LogP contribution in [0.25, 0.3) is 5.57 Å². The average Bonchev–Trinajstić information content (AvgIpc) is 3.04. The molecule has 3 aromatic rings. The van der Waals surface area contributed by atoms with Gasteiger partial charge in [-0.15, -0.1) is 0 Å². The van der Waals surface area contributed by atoms with Crippen LogP contribution in [0.1, 0.15) is 11.1 Å². The SMILES string of the molecule is COc1ccc(Cl)cc1NC1=C(c2ccc(C)cc2)C(=O)N(c2cccc(N(C)C)c2)C1=O. The molecule has 6 nitrogen and oxygen atoms in total. The summed E-state index contributed by atoms with van der Waals surface area (Å²) >= 11 is 6.19. The van der Waals surface area contributed by atoms with Gasteiger partial charge in [0.1, 0.15) is 11.4 Å². The van der Waals surface area contributed by atoms with E-state index in [0.717, 1.165) is 11.3 Å². The number of halogens is 1. The number of hydrogen-bond acceptors (Lipinski definition) is 5. The second-order valence-electron chi connectivity index (χ2n) is 7.95. The van der Waals surface area contributed by atoms with Crippen LogP contribution < -0.4 is 19.9 Å². The number of anilines is 3. The predicted molar refractivity (Wildman–Crippen MR) is 133 cm³/mol. The van der Waals surface area contributed by atoms with E-state index < -0.39 is 11.8 Å². The zero-order chi connectivity index (χ0) is 23.7. The first-order valence-corrected chi connectivity index (χ1v) is 10.8. The Morgan fingerprint density at radius 1 is 0.939 bits per heavy atom. The molecule has 0 radical (unpaired) electrons. The van der Waals surface area contributed by atoms with Gasteiger partial charge in [-0.1, -0.05) is 47.5 Å². The van der Waals surface area contributed by atoms with Gasteiger partial charge >= 0.3 is 0 Å². The molecule has 1 aliphatic rings. The van der Waals surface area contributed by atoms with Gasteiger partial charge in [-0.25, -0.2) is 4.90 Å². The fourth-order valence-corrected chi connectivity index (χ4v) is 3.86. The number of benzene rings is 3.